The van der Waals surface area contributed by atoms with E-state index in [1.165, 1.54) is 18.2 Å². The van der Waals surface area contributed by atoms with Crippen LogP contribution in [0.3, 0.4) is 0 Å². The standard InChI is InChI=1S/C10H8N2O5/c13-10(14)4-3-9-11-7-5-6(12(15)16)1-2-8(7)17-9/h1-2,5H,3-4H2,(H,13,14). The highest BCUT2D eigenvalue weighted by molar-refractivity contribution is 5.75. The van der Waals surface area contributed by atoms with Gasteiger partial charge in [0, 0.05) is 18.6 Å². The molecule has 0 saturated carbocycles. The van der Waals surface area contributed by atoms with E-state index in [0.717, 1.165) is 0 Å². The Morgan fingerprint density at radius 2 is 2.29 bits per heavy atom. The van der Waals surface area contributed by atoms with Crippen LogP contribution in [0.1, 0.15) is 12.3 Å². The van der Waals surface area contributed by atoms with Crippen LogP contribution in [0, 0.1) is 10.1 Å². The van der Waals surface area contributed by atoms with Crippen LogP contribution >= 0.6 is 0 Å². The average Bonchev–Trinajstić information content (AvgIpc) is 2.67. The van der Waals surface area contributed by atoms with Gasteiger partial charge in [-0.15, -0.1) is 0 Å². The van der Waals surface area contributed by atoms with Crippen LogP contribution in [-0.4, -0.2) is 21.0 Å². The number of rotatable bonds is 4. The number of aromatic nitrogens is 1. The normalized spacial score (nSPS) is 10.6. The van der Waals surface area contributed by atoms with Crippen molar-refractivity contribution in [2.45, 2.75) is 12.8 Å². The molecule has 88 valence electrons. The molecular formula is C10H8N2O5. The predicted octanol–water partition coefficient (Wildman–Crippen LogP) is 1.75. The molecule has 0 saturated heterocycles. The molecule has 0 aliphatic rings. The minimum atomic E-state index is -0.946. The van der Waals surface area contributed by atoms with Crippen LogP contribution in [0.2, 0.25) is 0 Å². The molecule has 1 aromatic heterocycles. The highest BCUT2D eigenvalue weighted by atomic mass is 16.6. The molecule has 1 aromatic carbocycles. The van der Waals surface area contributed by atoms with Gasteiger partial charge in [-0.05, 0) is 6.07 Å². The first kappa shape index (κ1) is 11.1. The van der Waals surface area contributed by atoms with E-state index < -0.39 is 10.9 Å². The van der Waals surface area contributed by atoms with Crippen molar-refractivity contribution in [1.82, 2.24) is 4.98 Å². The van der Waals surface area contributed by atoms with Crippen molar-refractivity contribution >= 4 is 22.8 Å². The van der Waals surface area contributed by atoms with Crippen LogP contribution in [0.15, 0.2) is 22.6 Å². The largest absolute Gasteiger partial charge is 0.481 e. The third kappa shape index (κ3) is 2.39. The first-order valence-corrected chi connectivity index (χ1v) is 4.82. The van der Waals surface area contributed by atoms with E-state index in [1.807, 2.05) is 0 Å². The topological polar surface area (TPSA) is 106 Å². The highest BCUT2D eigenvalue weighted by Crippen LogP contribution is 2.21. The monoisotopic (exact) mass is 236 g/mol. The predicted molar refractivity (Wildman–Crippen MR) is 56.6 cm³/mol. The number of hydrogen-bond donors (Lipinski definition) is 1. The van der Waals surface area contributed by atoms with Gasteiger partial charge >= 0.3 is 5.97 Å². The number of carboxylic acids is 1. The Hall–Kier alpha value is -2.44. The summed E-state index contributed by atoms with van der Waals surface area (Å²) in [6.07, 6.45) is 0.0761. The van der Waals surface area contributed by atoms with Gasteiger partial charge in [0.05, 0.1) is 11.3 Å². The molecule has 2 aromatic rings. The number of nitro groups is 1. The summed E-state index contributed by atoms with van der Waals surface area (Å²) in [5.74, 6) is -0.680. The molecule has 0 spiro atoms. The number of non-ortho nitro benzene ring substituents is 1. The third-order valence-corrected chi connectivity index (χ3v) is 2.18. The van der Waals surface area contributed by atoms with Crippen molar-refractivity contribution in [3.63, 3.8) is 0 Å². The van der Waals surface area contributed by atoms with E-state index in [4.69, 9.17) is 9.52 Å². The highest BCUT2D eigenvalue weighted by Gasteiger charge is 2.12. The number of nitro benzene ring substituents is 1. The second kappa shape index (κ2) is 4.20. The first-order valence-electron chi connectivity index (χ1n) is 4.82. The number of carboxylic acid groups (broad SMARTS) is 1. The number of benzene rings is 1. The molecule has 1 N–H and O–H groups in total. The van der Waals surface area contributed by atoms with Crippen molar-refractivity contribution in [3.8, 4) is 0 Å². The van der Waals surface area contributed by atoms with Crippen molar-refractivity contribution in [2.75, 3.05) is 0 Å². The van der Waals surface area contributed by atoms with Gasteiger partial charge in [-0.1, -0.05) is 0 Å². The summed E-state index contributed by atoms with van der Waals surface area (Å²) >= 11 is 0. The van der Waals surface area contributed by atoms with Crippen molar-refractivity contribution < 1.29 is 19.2 Å². The van der Waals surface area contributed by atoms with E-state index in [0.29, 0.717) is 11.1 Å². The molecular weight excluding hydrogens is 228 g/mol. The fourth-order valence-corrected chi connectivity index (χ4v) is 1.40. The zero-order valence-corrected chi connectivity index (χ0v) is 8.62. The molecule has 0 aliphatic carbocycles. The summed E-state index contributed by atoms with van der Waals surface area (Å²) in [7, 11) is 0. The Morgan fingerprint density at radius 1 is 1.53 bits per heavy atom. The van der Waals surface area contributed by atoms with Gasteiger partial charge in [-0.2, -0.15) is 0 Å². The molecule has 17 heavy (non-hydrogen) atoms. The summed E-state index contributed by atoms with van der Waals surface area (Å²) in [4.78, 5) is 24.4. The quantitative estimate of drug-likeness (QED) is 0.640. The molecule has 1 heterocycles. The van der Waals surface area contributed by atoms with Crippen molar-refractivity contribution in [2.24, 2.45) is 0 Å². The maximum atomic E-state index is 10.5. The molecule has 0 atom stereocenters. The molecule has 0 bridgehead atoms. The van der Waals surface area contributed by atoms with Crippen LogP contribution < -0.4 is 0 Å². The average molecular weight is 236 g/mol. The van der Waals surface area contributed by atoms with Gasteiger partial charge in [-0.3, -0.25) is 14.9 Å². The van der Waals surface area contributed by atoms with Gasteiger partial charge < -0.3 is 9.52 Å². The molecule has 2 rings (SSSR count). The Bertz CT molecular complexity index is 589. The maximum absolute atomic E-state index is 10.5. The van der Waals surface area contributed by atoms with Gasteiger partial charge in [0.15, 0.2) is 11.5 Å². The molecule has 7 heteroatoms. The molecule has 0 radical (unpaired) electrons. The molecule has 7 nitrogen and oxygen atoms in total. The van der Waals surface area contributed by atoms with E-state index in [9.17, 15) is 14.9 Å². The van der Waals surface area contributed by atoms with E-state index in [-0.39, 0.29) is 24.4 Å². The number of nitrogens with zero attached hydrogens (tertiary/aromatic N) is 2. The van der Waals surface area contributed by atoms with Crippen LogP contribution in [0.25, 0.3) is 11.1 Å². The van der Waals surface area contributed by atoms with E-state index in [1.54, 1.807) is 0 Å². The molecule has 0 unspecified atom stereocenters. The lowest BCUT2D eigenvalue weighted by Gasteiger charge is -1.88. The number of aliphatic carboxylic acids is 1. The zero-order valence-electron chi connectivity index (χ0n) is 8.62. The summed E-state index contributed by atoms with van der Waals surface area (Å²) in [5, 5.41) is 19.0. The number of hydrogen-bond acceptors (Lipinski definition) is 5. The number of aryl methyl sites for hydroxylation is 1. The lowest BCUT2D eigenvalue weighted by Crippen LogP contribution is -1.97. The Balaban J connectivity index is 2.30. The fourth-order valence-electron chi connectivity index (χ4n) is 1.40. The number of carbonyl (C=O) groups is 1. The Kier molecular flexibility index (Phi) is 2.73. The lowest BCUT2D eigenvalue weighted by molar-refractivity contribution is -0.384. The Morgan fingerprint density at radius 3 is 2.94 bits per heavy atom. The summed E-state index contributed by atoms with van der Waals surface area (Å²) < 4.78 is 5.26. The van der Waals surface area contributed by atoms with Gasteiger partial charge in [0.25, 0.3) is 5.69 Å². The van der Waals surface area contributed by atoms with E-state index in [2.05, 4.69) is 4.98 Å². The van der Waals surface area contributed by atoms with E-state index >= 15 is 0 Å². The maximum Gasteiger partial charge on any atom is 0.303 e. The fraction of sp³-hybridized carbons (Fsp3) is 0.200. The summed E-state index contributed by atoms with van der Waals surface area (Å²) in [6, 6.07) is 4.06. The van der Waals surface area contributed by atoms with Gasteiger partial charge in [0.2, 0.25) is 0 Å². The molecule has 0 amide bonds. The van der Waals surface area contributed by atoms with Crippen LogP contribution in [0.4, 0.5) is 5.69 Å². The van der Waals surface area contributed by atoms with Crippen LogP contribution in [-0.2, 0) is 11.2 Å². The van der Waals surface area contributed by atoms with Crippen molar-refractivity contribution in [1.29, 1.82) is 0 Å². The van der Waals surface area contributed by atoms with Crippen molar-refractivity contribution in [3.05, 3.63) is 34.2 Å². The SMILES string of the molecule is O=C(O)CCc1nc2cc([N+](=O)[O-])ccc2o1. The lowest BCUT2D eigenvalue weighted by atomic mass is 10.3. The first-order chi connectivity index (χ1) is 8.06. The Labute approximate surface area is 94.8 Å². The smallest absolute Gasteiger partial charge is 0.303 e. The second-order valence-corrected chi connectivity index (χ2v) is 3.41. The van der Waals surface area contributed by atoms with Crippen LogP contribution in [0.5, 0.6) is 0 Å². The minimum Gasteiger partial charge on any atom is -0.481 e. The minimum absolute atomic E-state index is 0.0735. The second-order valence-electron chi connectivity index (χ2n) is 3.41. The zero-order chi connectivity index (χ0) is 12.4. The summed E-state index contributed by atoms with van der Waals surface area (Å²) in [6.45, 7) is 0. The number of fused-ring (bicyclic) bond motifs is 1. The van der Waals surface area contributed by atoms with Gasteiger partial charge in [0.1, 0.15) is 5.52 Å². The van der Waals surface area contributed by atoms with Gasteiger partial charge in [-0.25, -0.2) is 4.98 Å². The number of oxazole rings is 1. The molecule has 0 fully saturated rings. The third-order valence-electron chi connectivity index (χ3n) is 2.18. The summed E-state index contributed by atoms with van der Waals surface area (Å²) in [5.41, 5.74) is 0.700. The molecule has 0 aliphatic heterocycles.